The smallest absolute Gasteiger partial charge is 0.335 e. The zero-order valence-electron chi connectivity index (χ0n) is 15.0. The first-order valence-corrected chi connectivity index (χ1v) is 8.67. The van der Waals surface area contributed by atoms with Gasteiger partial charge in [-0.25, -0.2) is 14.5 Å². The molecular formula is C22H14N4O3. The first kappa shape index (κ1) is 17.9. The summed E-state index contributed by atoms with van der Waals surface area (Å²) in [7, 11) is 0. The van der Waals surface area contributed by atoms with Crippen LogP contribution in [0.4, 0.5) is 0 Å². The number of carboxylic acids is 1. The lowest BCUT2D eigenvalue weighted by Gasteiger charge is -2.07. The Labute approximate surface area is 165 Å². The molecule has 7 heteroatoms. The van der Waals surface area contributed by atoms with Gasteiger partial charge in [-0.3, -0.25) is 0 Å². The van der Waals surface area contributed by atoms with Crippen molar-refractivity contribution in [2.45, 2.75) is 0 Å². The zero-order chi connectivity index (χ0) is 20.4. The van der Waals surface area contributed by atoms with Gasteiger partial charge in [-0.1, -0.05) is 24.3 Å². The molecule has 1 aromatic heterocycles. The van der Waals surface area contributed by atoms with E-state index in [2.05, 4.69) is 16.2 Å². The summed E-state index contributed by atoms with van der Waals surface area (Å²) in [5.41, 5.74) is 2.17. The van der Waals surface area contributed by atoms with E-state index in [9.17, 15) is 15.2 Å². The van der Waals surface area contributed by atoms with Crippen LogP contribution in [0.1, 0.15) is 15.9 Å². The summed E-state index contributed by atoms with van der Waals surface area (Å²) in [4.78, 5) is 15.7. The fourth-order valence-corrected chi connectivity index (χ4v) is 2.96. The Kier molecular flexibility index (Phi) is 4.51. The molecule has 0 aliphatic rings. The van der Waals surface area contributed by atoms with Crippen LogP contribution in [-0.4, -0.2) is 30.9 Å². The summed E-state index contributed by atoms with van der Waals surface area (Å²) in [6.07, 6.45) is 0. The van der Waals surface area contributed by atoms with E-state index >= 15 is 0 Å². The number of hydrogen-bond acceptors (Lipinski definition) is 5. The van der Waals surface area contributed by atoms with Gasteiger partial charge in [0.05, 0.1) is 28.4 Å². The maximum absolute atomic E-state index is 11.1. The quantitative estimate of drug-likeness (QED) is 0.554. The number of para-hydroxylation sites is 1. The average Bonchev–Trinajstić information content (AvgIpc) is 3.19. The first-order chi connectivity index (χ1) is 14.1. The number of benzene rings is 3. The number of aromatic carboxylic acids is 1. The highest BCUT2D eigenvalue weighted by molar-refractivity contribution is 5.87. The number of phenolic OH excluding ortho intramolecular Hbond substituents is 1. The molecule has 140 valence electrons. The van der Waals surface area contributed by atoms with E-state index in [0.29, 0.717) is 34.0 Å². The molecule has 2 N–H and O–H groups in total. The lowest BCUT2D eigenvalue weighted by atomic mass is 10.1. The molecule has 7 nitrogen and oxygen atoms in total. The molecule has 1 heterocycles. The molecule has 0 bridgehead atoms. The van der Waals surface area contributed by atoms with Crippen molar-refractivity contribution in [1.29, 1.82) is 5.26 Å². The molecule has 29 heavy (non-hydrogen) atoms. The van der Waals surface area contributed by atoms with Crippen LogP contribution in [0, 0.1) is 11.3 Å². The fraction of sp³-hybridized carbons (Fsp3) is 0. The first-order valence-electron chi connectivity index (χ1n) is 8.67. The van der Waals surface area contributed by atoms with Crippen molar-refractivity contribution in [3.05, 3.63) is 83.9 Å². The molecule has 3 aromatic carbocycles. The van der Waals surface area contributed by atoms with Crippen LogP contribution in [0.15, 0.2) is 72.8 Å². The van der Waals surface area contributed by atoms with Crippen LogP contribution < -0.4 is 0 Å². The molecule has 0 saturated carbocycles. The van der Waals surface area contributed by atoms with Crippen molar-refractivity contribution in [3.63, 3.8) is 0 Å². The normalized spacial score (nSPS) is 10.4. The Morgan fingerprint density at radius 1 is 0.931 bits per heavy atom. The molecule has 0 amide bonds. The molecule has 0 radical (unpaired) electrons. The number of aromatic nitrogens is 3. The van der Waals surface area contributed by atoms with Crippen molar-refractivity contribution in [3.8, 4) is 40.3 Å². The van der Waals surface area contributed by atoms with Crippen molar-refractivity contribution in [2.75, 3.05) is 0 Å². The van der Waals surface area contributed by atoms with Crippen LogP contribution in [0.3, 0.4) is 0 Å². The number of carbonyl (C=O) groups is 1. The van der Waals surface area contributed by atoms with E-state index in [0.717, 1.165) is 0 Å². The van der Waals surface area contributed by atoms with Crippen molar-refractivity contribution in [2.24, 2.45) is 0 Å². The molecule has 0 atom stereocenters. The molecule has 0 aliphatic heterocycles. The second kappa shape index (κ2) is 7.29. The number of rotatable bonds is 4. The lowest BCUT2D eigenvalue weighted by Crippen LogP contribution is -2.02. The Balaban J connectivity index is 1.94. The molecule has 0 spiro atoms. The standard InChI is InChI=1S/C22H14N4O3/c23-13-15-5-1-2-6-17(15)20-24-21(18-7-3-4-8-19(18)27)26(25-20)16-11-9-14(10-12-16)22(28)29/h1-12,27H,(H,28,29). The van der Waals surface area contributed by atoms with E-state index in [4.69, 9.17) is 5.11 Å². The molecule has 0 saturated heterocycles. The summed E-state index contributed by atoms with van der Waals surface area (Å²) in [6, 6.07) is 22.0. The Morgan fingerprint density at radius 3 is 2.24 bits per heavy atom. The second-order valence-electron chi connectivity index (χ2n) is 6.20. The molecule has 0 aliphatic carbocycles. The largest absolute Gasteiger partial charge is 0.507 e. The average molecular weight is 382 g/mol. The number of hydrogen-bond donors (Lipinski definition) is 2. The lowest BCUT2D eigenvalue weighted by molar-refractivity contribution is 0.0697. The monoisotopic (exact) mass is 382 g/mol. The minimum absolute atomic E-state index is 0.0309. The zero-order valence-corrected chi connectivity index (χ0v) is 15.0. The van der Waals surface area contributed by atoms with E-state index in [1.165, 1.54) is 16.8 Å². The SMILES string of the molecule is N#Cc1ccccc1-c1nc(-c2ccccc2O)n(-c2ccc(C(=O)O)cc2)n1. The van der Waals surface area contributed by atoms with Gasteiger partial charge in [0.15, 0.2) is 11.6 Å². The van der Waals surface area contributed by atoms with Gasteiger partial charge in [-0.2, -0.15) is 5.26 Å². The van der Waals surface area contributed by atoms with Gasteiger partial charge in [-0.05, 0) is 48.5 Å². The molecule has 4 rings (SSSR count). The molecule has 0 unspecified atom stereocenters. The third kappa shape index (κ3) is 3.31. The summed E-state index contributed by atoms with van der Waals surface area (Å²) >= 11 is 0. The van der Waals surface area contributed by atoms with Crippen LogP contribution in [0.2, 0.25) is 0 Å². The highest BCUT2D eigenvalue weighted by Crippen LogP contribution is 2.31. The van der Waals surface area contributed by atoms with Crippen LogP contribution in [0.5, 0.6) is 5.75 Å². The van der Waals surface area contributed by atoms with Gasteiger partial charge in [-0.15, -0.1) is 5.10 Å². The van der Waals surface area contributed by atoms with Crippen molar-refractivity contribution < 1.29 is 15.0 Å². The van der Waals surface area contributed by atoms with Gasteiger partial charge in [0.2, 0.25) is 0 Å². The maximum Gasteiger partial charge on any atom is 0.335 e. The minimum Gasteiger partial charge on any atom is -0.507 e. The van der Waals surface area contributed by atoms with Gasteiger partial charge < -0.3 is 10.2 Å². The number of aromatic hydroxyl groups is 1. The van der Waals surface area contributed by atoms with Crippen molar-refractivity contribution >= 4 is 5.97 Å². The van der Waals surface area contributed by atoms with E-state index < -0.39 is 5.97 Å². The van der Waals surface area contributed by atoms with Gasteiger partial charge in [0.1, 0.15) is 5.75 Å². The summed E-state index contributed by atoms with van der Waals surface area (Å²) in [5, 5.41) is 33.4. The predicted molar refractivity (Wildman–Crippen MR) is 106 cm³/mol. The molecule has 0 fully saturated rings. The van der Waals surface area contributed by atoms with E-state index in [-0.39, 0.29) is 11.3 Å². The molecular weight excluding hydrogens is 368 g/mol. The van der Waals surface area contributed by atoms with Crippen LogP contribution in [-0.2, 0) is 0 Å². The third-order valence-corrected chi connectivity index (χ3v) is 4.40. The second-order valence-corrected chi connectivity index (χ2v) is 6.20. The summed E-state index contributed by atoms with van der Waals surface area (Å²) in [5.74, 6) is -0.306. The predicted octanol–water partition coefficient (Wildman–Crippen LogP) is 3.88. The van der Waals surface area contributed by atoms with Gasteiger partial charge in [0.25, 0.3) is 0 Å². The van der Waals surface area contributed by atoms with E-state index in [1.54, 1.807) is 60.7 Å². The fourth-order valence-electron chi connectivity index (χ4n) is 2.96. The van der Waals surface area contributed by atoms with Gasteiger partial charge >= 0.3 is 5.97 Å². The maximum atomic E-state index is 11.1. The number of carboxylic acid groups (broad SMARTS) is 1. The highest BCUT2D eigenvalue weighted by Gasteiger charge is 2.19. The number of nitriles is 1. The molecule has 4 aromatic rings. The Bertz CT molecular complexity index is 1250. The number of phenols is 1. The third-order valence-electron chi connectivity index (χ3n) is 4.40. The van der Waals surface area contributed by atoms with E-state index in [1.807, 2.05) is 0 Å². The number of nitrogens with zero attached hydrogens (tertiary/aromatic N) is 4. The summed E-state index contributed by atoms with van der Waals surface area (Å²) in [6.45, 7) is 0. The Morgan fingerprint density at radius 2 is 1.59 bits per heavy atom. The van der Waals surface area contributed by atoms with Crippen molar-refractivity contribution in [1.82, 2.24) is 14.8 Å². The van der Waals surface area contributed by atoms with Crippen LogP contribution in [0.25, 0.3) is 28.5 Å². The highest BCUT2D eigenvalue weighted by atomic mass is 16.4. The topological polar surface area (TPSA) is 112 Å². The summed E-state index contributed by atoms with van der Waals surface area (Å²) < 4.78 is 1.52. The Hall–Kier alpha value is -4.44. The van der Waals surface area contributed by atoms with Crippen LogP contribution >= 0.6 is 0 Å². The minimum atomic E-state index is -1.03. The van der Waals surface area contributed by atoms with Gasteiger partial charge in [0, 0.05) is 5.56 Å².